The number of rotatable bonds is 5. The average molecular weight is 480 g/mol. The van der Waals surface area contributed by atoms with E-state index in [1.807, 2.05) is 12.4 Å². The van der Waals surface area contributed by atoms with Crippen LogP contribution < -0.4 is 4.90 Å². The molecule has 0 aromatic heterocycles. The zero-order valence-corrected chi connectivity index (χ0v) is 19.5. The number of nitrogens with zero attached hydrogens (tertiary/aromatic N) is 3. The second kappa shape index (κ2) is 8.90. The lowest BCUT2D eigenvalue weighted by molar-refractivity contribution is 0.238. The summed E-state index contributed by atoms with van der Waals surface area (Å²) in [6.07, 6.45) is 13.4. The van der Waals surface area contributed by atoms with E-state index >= 15 is 0 Å². The molecule has 2 heterocycles. The number of halogens is 1. The lowest BCUT2D eigenvalue weighted by Crippen LogP contribution is -2.45. The van der Waals surface area contributed by atoms with E-state index in [1.165, 1.54) is 43.9 Å². The Balaban J connectivity index is 1.67. The molecule has 0 radical (unpaired) electrons. The van der Waals surface area contributed by atoms with Crippen molar-refractivity contribution in [3.63, 3.8) is 0 Å². The third-order valence-corrected chi connectivity index (χ3v) is 8.19. The molecule has 1 aromatic carbocycles. The van der Waals surface area contributed by atoms with Crippen molar-refractivity contribution >= 4 is 37.9 Å². The SMILES string of the molecule is CS(=O)(=O)N1Cc2cc(Br)ccc2N(CC2=CN=CC2)C[C@H]1CC1CCCCC1. The first-order valence-electron chi connectivity index (χ1n) is 10.6. The zero-order valence-electron chi connectivity index (χ0n) is 17.1. The minimum Gasteiger partial charge on any atom is -0.366 e. The highest BCUT2D eigenvalue weighted by atomic mass is 79.9. The van der Waals surface area contributed by atoms with Gasteiger partial charge in [0, 0.05) is 54.7 Å². The fourth-order valence-electron chi connectivity index (χ4n) is 5.00. The van der Waals surface area contributed by atoms with Gasteiger partial charge in [-0.3, -0.25) is 4.99 Å². The normalized spacial score (nSPS) is 23.7. The highest BCUT2D eigenvalue weighted by Crippen LogP contribution is 2.36. The van der Waals surface area contributed by atoms with Crippen LogP contribution in [0.3, 0.4) is 0 Å². The Labute approximate surface area is 183 Å². The van der Waals surface area contributed by atoms with Gasteiger partial charge in [0.05, 0.1) is 6.26 Å². The van der Waals surface area contributed by atoms with Gasteiger partial charge in [0.2, 0.25) is 10.0 Å². The van der Waals surface area contributed by atoms with Crippen molar-refractivity contribution < 1.29 is 8.42 Å². The molecule has 5 nitrogen and oxygen atoms in total. The van der Waals surface area contributed by atoms with Crippen LogP contribution in [0.15, 0.2) is 39.4 Å². The van der Waals surface area contributed by atoms with E-state index in [1.54, 1.807) is 4.31 Å². The Morgan fingerprint density at radius 1 is 1.21 bits per heavy atom. The molecule has 1 atom stereocenters. The Kier molecular flexibility index (Phi) is 6.47. The molecule has 158 valence electrons. The largest absolute Gasteiger partial charge is 0.366 e. The molecule has 3 aliphatic rings. The first-order chi connectivity index (χ1) is 13.9. The van der Waals surface area contributed by atoms with E-state index in [9.17, 15) is 8.42 Å². The second-order valence-corrected chi connectivity index (χ2v) is 11.5. The molecule has 0 saturated heterocycles. The smallest absolute Gasteiger partial charge is 0.211 e. The number of aliphatic imine (C=N–C) groups is 1. The lowest BCUT2D eigenvalue weighted by atomic mass is 9.84. The van der Waals surface area contributed by atoms with Gasteiger partial charge in [0.1, 0.15) is 0 Å². The Morgan fingerprint density at radius 2 is 2.00 bits per heavy atom. The van der Waals surface area contributed by atoms with E-state index in [0.717, 1.165) is 41.7 Å². The minimum atomic E-state index is -3.30. The monoisotopic (exact) mass is 479 g/mol. The quantitative estimate of drug-likeness (QED) is 0.613. The number of hydrogen-bond donors (Lipinski definition) is 0. The van der Waals surface area contributed by atoms with E-state index < -0.39 is 10.0 Å². The van der Waals surface area contributed by atoms with Crippen molar-refractivity contribution in [2.45, 2.75) is 57.5 Å². The van der Waals surface area contributed by atoms with Crippen LogP contribution in [0.1, 0.15) is 50.5 Å². The summed E-state index contributed by atoms with van der Waals surface area (Å²) in [6, 6.07) is 6.25. The molecule has 0 N–H and O–H groups in total. The summed E-state index contributed by atoms with van der Waals surface area (Å²) in [5.74, 6) is 0.627. The van der Waals surface area contributed by atoms with Crippen LogP contribution in [-0.2, 0) is 16.6 Å². The molecule has 1 fully saturated rings. The van der Waals surface area contributed by atoms with Crippen molar-refractivity contribution in [3.05, 3.63) is 40.0 Å². The van der Waals surface area contributed by atoms with E-state index in [0.29, 0.717) is 12.5 Å². The predicted molar refractivity (Wildman–Crippen MR) is 123 cm³/mol. The first kappa shape index (κ1) is 21.1. The highest BCUT2D eigenvalue weighted by molar-refractivity contribution is 9.10. The van der Waals surface area contributed by atoms with Gasteiger partial charge in [-0.05, 0) is 41.7 Å². The molecular weight excluding hydrogens is 450 g/mol. The van der Waals surface area contributed by atoms with Gasteiger partial charge in [0.25, 0.3) is 0 Å². The van der Waals surface area contributed by atoms with E-state index in [2.05, 4.69) is 44.0 Å². The molecule has 0 spiro atoms. The Morgan fingerprint density at radius 3 is 2.69 bits per heavy atom. The van der Waals surface area contributed by atoms with Gasteiger partial charge in [-0.1, -0.05) is 48.0 Å². The maximum atomic E-state index is 12.8. The van der Waals surface area contributed by atoms with E-state index in [4.69, 9.17) is 0 Å². The van der Waals surface area contributed by atoms with Crippen molar-refractivity contribution in [2.75, 3.05) is 24.2 Å². The van der Waals surface area contributed by atoms with Crippen LogP contribution in [0.25, 0.3) is 0 Å². The van der Waals surface area contributed by atoms with Crippen molar-refractivity contribution in [1.82, 2.24) is 4.31 Å². The summed E-state index contributed by atoms with van der Waals surface area (Å²) < 4.78 is 28.3. The number of hydrogen-bond acceptors (Lipinski definition) is 4. The summed E-state index contributed by atoms with van der Waals surface area (Å²) in [4.78, 5) is 6.64. The van der Waals surface area contributed by atoms with Gasteiger partial charge >= 0.3 is 0 Å². The van der Waals surface area contributed by atoms with Crippen LogP contribution in [0.2, 0.25) is 0 Å². The van der Waals surface area contributed by atoms with Gasteiger partial charge in [-0.2, -0.15) is 4.31 Å². The zero-order chi connectivity index (χ0) is 20.4. The summed E-state index contributed by atoms with van der Waals surface area (Å²) in [5, 5.41) is 0. The summed E-state index contributed by atoms with van der Waals surface area (Å²) in [6.45, 7) is 1.97. The molecule has 29 heavy (non-hydrogen) atoms. The van der Waals surface area contributed by atoms with Crippen molar-refractivity contribution in [1.29, 1.82) is 0 Å². The molecule has 7 heteroatoms. The third kappa shape index (κ3) is 5.12. The number of benzene rings is 1. The number of anilines is 1. The molecule has 0 unspecified atom stereocenters. The van der Waals surface area contributed by atoms with Gasteiger partial charge in [0.15, 0.2) is 0 Å². The molecule has 2 aliphatic heterocycles. The Bertz CT molecular complexity index is 907. The number of sulfonamides is 1. The van der Waals surface area contributed by atoms with Crippen LogP contribution in [-0.4, -0.2) is 44.3 Å². The molecule has 1 saturated carbocycles. The molecule has 0 bridgehead atoms. The average Bonchev–Trinajstić information content (AvgIpc) is 3.13. The molecule has 1 aliphatic carbocycles. The van der Waals surface area contributed by atoms with Crippen molar-refractivity contribution in [3.8, 4) is 0 Å². The molecule has 4 rings (SSSR count). The van der Waals surface area contributed by atoms with Crippen LogP contribution in [0.4, 0.5) is 5.69 Å². The number of fused-ring (bicyclic) bond motifs is 1. The van der Waals surface area contributed by atoms with Gasteiger partial charge in [-0.15, -0.1) is 0 Å². The molecule has 1 aromatic rings. The lowest BCUT2D eigenvalue weighted by Gasteiger charge is -2.34. The maximum absolute atomic E-state index is 12.8. The highest BCUT2D eigenvalue weighted by Gasteiger charge is 2.35. The maximum Gasteiger partial charge on any atom is 0.211 e. The summed E-state index contributed by atoms with van der Waals surface area (Å²) in [5.41, 5.74) is 3.49. The van der Waals surface area contributed by atoms with Gasteiger partial charge < -0.3 is 4.90 Å². The fourth-order valence-corrected chi connectivity index (χ4v) is 6.48. The third-order valence-electron chi connectivity index (χ3n) is 6.41. The van der Waals surface area contributed by atoms with Crippen molar-refractivity contribution in [2.24, 2.45) is 10.9 Å². The predicted octanol–water partition coefficient (Wildman–Crippen LogP) is 4.73. The summed E-state index contributed by atoms with van der Waals surface area (Å²) >= 11 is 3.57. The fraction of sp³-hybridized carbons (Fsp3) is 0.591. The van der Waals surface area contributed by atoms with Crippen LogP contribution in [0.5, 0.6) is 0 Å². The van der Waals surface area contributed by atoms with Gasteiger partial charge in [-0.25, -0.2) is 8.42 Å². The van der Waals surface area contributed by atoms with Crippen LogP contribution in [0, 0.1) is 5.92 Å². The first-order valence-corrected chi connectivity index (χ1v) is 13.2. The topological polar surface area (TPSA) is 53.0 Å². The van der Waals surface area contributed by atoms with Crippen LogP contribution >= 0.6 is 15.9 Å². The second-order valence-electron chi connectivity index (χ2n) is 8.68. The minimum absolute atomic E-state index is 0.00203. The molecule has 0 amide bonds. The summed E-state index contributed by atoms with van der Waals surface area (Å²) in [7, 11) is -3.30. The van der Waals surface area contributed by atoms with E-state index in [-0.39, 0.29) is 6.04 Å². The molecular formula is C22H30BrN3O2S. The standard InChI is InChI=1S/C22H30BrN3O2S/c1-29(27,28)26-15-19-12-20(23)7-8-22(19)25(14-18-9-10-24-13-18)16-21(26)11-17-5-3-2-4-6-17/h7-8,10,12-13,17,21H,2-6,9,11,14-16H2,1H3/t21-/m1/s1. The Hall–Kier alpha value is -1.18.